The summed E-state index contributed by atoms with van der Waals surface area (Å²) in [7, 11) is 3.16. The van der Waals surface area contributed by atoms with Crippen LogP contribution in [-0.4, -0.2) is 178 Å². The van der Waals surface area contributed by atoms with E-state index in [1.54, 1.807) is 61.8 Å². The van der Waals surface area contributed by atoms with Crippen LogP contribution in [0.4, 0.5) is 4.79 Å². The van der Waals surface area contributed by atoms with E-state index in [0.717, 1.165) is 70.9 Å². The molecule has 2 unspecified atom stereocenters. The summed E-state index contributed by atoms with van der Waals surface area (Å²) in [5.41, 5.74) is -2.43. The van der Waals surface area contributed by atoms with Crippen LogP contribution in [0.15, 0.2) is 24.8 Å². The molecule has 23 nitrogen and oxygen atoms in total. The average molecular weight is 1360 g/mol. The Bertz CT molecular complexity index is 2140. The van der Waals surface area contributed by atoms with E-state index in [1.165, 1.54) is 19.8 Å². The van der Waals surface area contributed by atoms with E-state index < -0.39 is 40.2 Å². The van der Waals surface area contributed by atoms with Crippen LogP contribution >= 0.6 is 0 Å². The molecule has 0 aliphatic carbocycles. The van der Waals surface area contributed by atoms with Crippen molar-refractivity contribution in [3.05, 3.63) is 24.8 Å². The Kier molecular flexibility index (Phi) is 57.8. The van der Waals surface area contributed by atoms with Crippen LogP contribution in [0.3, 0.4) is 0 Å². The fourth-order valence-electron chi connectivity index (χ4n) is 6.02. The first kappa shape index (κ1) is 99.9. The Morgan fingerprint density at radius 1 is 0.474 bits per heavy atom. The standard InChI is InChI=1S/C15H25NO6.C10H19NO.2C9H18O3.C9H16O2.C8H15NO.2C6H12O2/c1-6-15(4,5)13(18)21-8-7-16-14(19)22-10-9-20-12(17)11(2)3;1-3-9(2)11-8-6-4-5-7-10(11)12;2*1-5-9(2,3)8(10)12-7-6-11-4;1-5-7-11-8(10)9(3,4)6-2;1-3-7(2)9-6-4-5-8(9)10;2*1-4-6(2,3)5(7)8/h2,6-10H2,1,3-5H3,(H,16,19);9H,3-8H2,1-2H3;2*5-7H2,1-4H3;5H,1,6-7H2,2-4H3;7H,3-6H2,1-2H3;2*4H2,1-3H3,(H,7,8). The third-order valence-electron chi connectivity index (χ3n) is 16.5. The summed E-state index contributed by atoms with van der Waals surface area (Å²) in [5, 5.41) is 19.3. The highest BCUT2D eigenvalue weighted by Gasteiger charge is 2.30. The summed E-state index contributed by atoms with van der Waals surface area (Å²) in [4.78, 5) is 115. The van der Waals surface area contributed by atoms with Crippen molar-refractivity contribution in [1.29, 1.82) is 0 Å². The van der Waals surface area contributed by atoms with Crippen molar-refractivity contribution < 1.29 is 96.1 Å². The van der Waals surface area contributed by atoms with Gasteiger partial charge in [0, 0.05) is 57.8 Å². The van der Waals surface area contributed by atoms with E-state index in [0.29, 0.717) is 76.2 Å². The number of hydrogen-bond donors (Lipinski definition) is 3. The molecule has 0 aromatic rings. The van der Waals surface area contributed by atoms with Gasteiger partial charge in [-0.2, -0.15) is 0 Å². The van der Waals surface area contributed by atoms with Crippen LogP contribution < -0.4 is 5.32 Å². The first-order valence-corrected chi connectivity index (χ1v) is 33.9. The molecule has 0 radical (unpaired) electrons. The van der Waals surface area contributed by atoms with Crippen molar-refractivity contribution in [1.82, 2.24) is 15.1 Å². The van der Waals surface area contributed by atoms with Crippen molar-refractivity contribution in [2.45, 2.75) is 261 Å². The monoisotopic (exact) mass is 1360 g/mol. The highest BCUT2D eigenvalue weighted by molar-refractivity contribution is 5.87. The SMILES string of the molecule is C=C(C)C(=O)OCCOC(=O)NCCOC(=O)C(C)(C)CC.C=CCOC(=O)C(C)(C)CC.CCC(C)(C)C(=O)O.CCC(C)(C)C(=O)O.CCC(C)(C)C(=O)OCCOC.CCC(C)(C)C(=O)OCCOC.CCC(C)N1CCCC1=O.CCC(C)N1CCCCCC1=O. The third kappa shape index (κ3) is 50.0. The zero-order valence-electron chi connectivity index (χ0n) is 64.0. The number of carboxylic acid groups (broad SMARTS) is 2. The lowest BCUT2D eigenvalue weighted by molar-refractivity contribution is -0.156. The number of methoxy groups -OCH3 is 2. The van der Waals surface area contributed by atoms with Crippen LogP contribution in [0, 0.1) is 32.5 Å². The van der Waals surface area contributed by atoms with Crippen molar-refractivity contribution >= 4 is 59.7 Å². The number of nitrogens with one attached hydrogen (secondary N) is 1. The lowest BCUT2D eigenvalue weighted by atomic mass is 9.91. The van der Waals surface area contributed by atoms with E-state index >= 15 is 0 Å². The lowest BCUT2D eigenvalue weighted by Crippen LogP contribution is -2.37. The predicted octanol–water partition coefficient (Wildman–Crippen LogP) is 13.8. The van der Waals surface area contributed by atoms with Gasteiger partial charge in [0.25, 0.3) is 0 Å². The van der Waals surface area contributed by atoms with Crippen molar-refractivity contribution in [2.75, 3.05) is 86.7 Å². The molecule has 2 fully saturated rings. The Morgan fingerprint density at radius 2 is 0.789 bits per heavy atom. The van der Waals surface area contributed by atoms with Crippen molar-refractivity contribution in [3.8, 4) is 0 Å². The molecule has 0 aromatic carbocycles. The topological polar surface area (TPSA) is 304 Å². The number of nitrogens with zero attached hydrogens (tertiary/aromatic N) is 2. The minimum Gasteiger partial charge on any atom is -0.481 e. The lowest BCUT2D eigenvalue weighted by Gasteiger charge is -2.26. The highest BCUT2D eigenvalue weighted by atomic mass is 16.6. The predicted molar refractivity (Wildman–Crippen MR) is 373 cm³/mol. The number of aliphatic carboxylic acids is 2. The Hall–Kier alpha value is -6.10. The molecule has 0 aromatic heterocycles. The molecule has 23 heteroatoms. The van der Waals surface area contributed by atoms with E-state index in [1.807, 2.05) is 92.9 Å². The highest BCUT2D eigenvalue weighted by Crippen LogP contribution is 2.25. The minimum atomic E-state index is -0.722. The molecule has 3 amide bonds. The van der Waals surface area contributed by atoms with E-state index in [9.17, 15) is 47.9 Å². The summed E-state index contributed by atoms with van der Waals surface area (Å²) in [5.74, 6) is -2.04. The first-order chi connectivity index (χ1) is 43.8. The molecular formula is C72H135N3O20. The molecule has 2 aliphatic heterocycles. The number of hydrogen-bond acceptors (Lipinski definition) is 18. The molecule has 2 aliphatic rings. The van der Waals surface area contributed by atoms with Gasteiger partial charge in [-0.25, -0.2) is 9.59 Å². The maximum absolute atomic E-state index is 11.6. The van der Waals surface area contributed by atoms with E-state index in [2.05, 4.69) is 46.2 Å². The van der Waals surface area contributed by atoms with Gasteiger partial charge in [-0.3, -0.25) is 38.4 Å². The minimum absolute atomic E-state index is 0.0429. The second kappa shape index (κ2) is 55.0. The Morgan fingerprint density at radius 3 is 1.08 bits per heavy atom. The molecule has 2 atom stereocenters. The average Bonchev–Trinajstić information content (AvgIpc) is 2.95. The number of alkyl carbamates (subject to hydrolysis) is 1. The number of rotatable bonds is 31. The number of carbonyl (C=O) groups is 10. The summed E-state index contributed by atoms with van der Waals surface area (Å²) in [6.45, 7) is 54.2. The quantitative estimate of drug-likeness (QED) is 0.0191. The van der Waals surface area contributed by atoms with Crippen LogP contribution in [-0.2, 0) is 81.0 Å². The maximum Gasteiger partial charge on any atom is 0.407 e. The molecule has 0 spiro atoms. The molecule has 0 saturated carbocycles. The van der Waals surface area contributed by atoms with Gasteiger partial charge < -0.3 is 63.2 Å². The molecule has 2 heterocycles. The van der Waals surface area contributed by atoms with Gasteiger partial charge >= 0.3 is 47.9 Å². The van der Waals surface area contributed by atoms with Gasteiger partial charge in [0.05, 0.1) is 52.2 Å². The van der Waals surface area contributed by atoms with Gasteiger partial charge in [-0.15, -0.1) is 0 Å². The van der Waals surface area contributed by atoms with Crippen LogP contribution in [0.2, 0.25) is 0 Å². The maximum atomic E-state index is 11.6. The largest absolute Gasteiger partial charge is 0.481 e. The van der Waals surface area contributed by atoms with Gasteiger partial charge in [0.2, 0.25) is 11.8 Å². The molecule has 0 bridgehead atoms. The van der Waals surface area contributed by atoms with E-state index in [-0.39, 0.29) is 72.1 Å². The number of carbonyl (C=O) groups excluding carboxylic acids is 8. The molecule has 3 N–H and O–H groups in total. The molecule has 95 heavy (non-hydrogen) atoms. The third-order valence-corrected chi connectivity index (χ3v) is 16.5. The number of likely N-dealkylation sites (tertiary alicyclic amines) is 2. The van der Waals surface area contributed by atoms with Crippen LogP contribution in [0.1, 0.15) is 249 Å². The molecule has 558 valence electrons. The number of carboxylic acids is 2. The molecule has 2 saturated heterocycles. The van der Waals surface area contributed by atoms with Crippen molar-refractivity contribution in [3.63, 3.8) is 0 Å². The molecular weight excluding hydrogens is 1230 g/mol. The van der Waals surface area contributed by atoms with Gasteiger partial charge in [0.1, 0.15) is 39.6 Å². The second-order valence-corrected chi connectivity index (χ2v) is 26.9. The zero-order valence-corrected chi connectivity index (χ0v) is 64.0. The Balaban J connectivity index is -0.000000244. The van der Waals surface area contributed by atoms with Gasteiger partial charge in [0.15, 0.2) is 0 Å². The zero-order chi connectivity index (χ0) is 75.4. The summed E-state index contributed by atoms with van der Waals surface area (Å²) in [6, 6.07) is 0.894. The fourth-order valence-corrected chi connectivity index (χ4v) is 6.02. The summed E-state index contributed by atoms with van der Waals surface area (Å²) >= 11 is 0. The second-order valence-electron chi connectivity index (χ2n) is 26.9. The summed E-state index contributed by atoms with van der Waals surface area (Å²) in [6.07, 6.45) is 13.6. The van der Waals surface area contributed by atoms with Crippen LogP contribution in [0.5, 0.6) is 0 Å². The van der Waals surface area contributed by atoms with Crippen LogP contribution in [0.25, 0.3) is 0 Å². The summed E-state index contributed by atoms with van der Waals surface area (Å²) < 4.78 is 38.9. The number of esters is 5. The van der Waals surface area contributed by atoms with E-state index in [4.69, 9.17) is 48.1 Å². The van der Waals surface area contributed by atoms with Gasteiger partial charge in [-0.05, 0) is 174 Å². The number of ether oxygens (including phenoxy) is 8. The Labute approximate surface area is 573 Å². The van der Waals surface area contributed by atoms with Gasteiger partial charge in [-0.1, -0.05) is 81.0 Å². The van der Waals surface area contributed by atoms with Crippen molar-refractivity contribution in [2.24, 2.45) is 32.5 Å². The number of amides is 3. The first-order valence-electron chi connectivity index (χ1n) is 33.9. The molecule has 2 rings (SSSR count). The fraction of sp³-hybridized carbons (Fsp3) is 0.806. The normalized spacial score (nSPS) is 13.6. The smallest absolute Gasteiger partial charge is 0.407 e.